The van der Waals surface area contributed by atoms with Gasteiger partial charge >= 0.3 is 0 Å². The Kier molecular flexibility index (Phi) is 3.00. The zero-order valence-electron chi connectivity index (χ0n) is 6.77. The monoisotopic (exact) mass is 159 g/mol. The summed E-state index contributed by atoms with van der Waals surface area (Å²) < 4.78 is 13.0. The van der Waals surface area contributed by atoms with Crippen LogP contribution < -0.4 is 5.32 Å². The Balaban J connectivity index is 2.35. The smallest absolute Gasteiger partial charge is 0.130 e. The molecule has 1 fully saturated rings. The summed E-state index contributed by atoms with van der Waals surface area (Å²) in [7, 11) is 0. The van der Waals surface area contributed by atoms with E-state index in [2.05, 4.69) is 5.32 Å². The van der Waals surface area contributed by atoms with Crippen LogP contribution in [0, 0.1) is 5.92 Å². The average molecular weight is 159 g/mol. The number of rotatable bonds is 2. The molecule has 1 rings (SSSR count). The molecule has 2 unspecified atom stereocenters. The summed E-state index contributed by atoms with van der Waals surface area (Å²) in [6.45, 7) is 2.78. The molecule has 1 heterocycles. The largest absolute Gasteiger partial charge is 0.314 e. The van der Waals surface area contributed by atoms with Gasteiger partial charge in [0.25, 0.3) is 0 Å². The minimum atomic E-state index is -0.826. The second-order valence-corrected chi connectivity index (χ2v) is 3.18. The highest BCUT2D eigenvalue weighted by atomic mass is 19.1. The van der Waals surface area contributed by atoms with E-state index in [0.29, 0.717) is 13.0 Å². The van der Waals surface area contributed by atoms with Gasteiger partial charge in [0.1, 0.15) is 12.0 Å². The number of hydrogen-bond donors (Lipinski definition) is 1. The first-order valence-electron chi connectivity index (χ1n) is 4.04. The standard InChI is InChI=1S/C8H14FNO/c1-6(11)4-7-2-3-10-5-8(7)9/h7-8,10H,2-5H2,1H3. The molecule has 2 atom stereocenters. The number of nitrogens with one attached hydrogen (secondary N) is 1. The van der Waals surface area contributed by atoms with Crippen LogP contribution in [0.1, 0.15) is 19.8 Å². The molecule has 0 aromatic heterocycles. The molecule has 1 N–H and O–H groups in total. The van der Waals surface area contributed by atoms with E-state index in [4.69, 9.17) is 0 Å². The predicted molar refractivity (Wildman–Crippen MR) is 41.2 cm³/mol. The van der Waals surface area contributed by atoms with Gasteiger partial charge in [0.15, 0.2) is 0 Å². The number of halogens is 1. The van der Waals surface area contributed by atoms with Crippen LogP contribution in [0.5, 0.6) is 0 Å². The summed E-state index contributed by atoms with van der Waals surface area (Å²) in [5, 5.41) is 2.95. The van der Waals surface area contributed by atoms with Crippen molar-refractivity contribution in [2.24, 2.45) is 5.92 Å². The Hall–Kier alpha value is -0.440. The predicted octanol–water partition coefficient (Wildman–Crippen LogP) is 0.913. The van der Waals surface area contributed by atoms with Crippen LogP contribution in [0.4, 0.5) is 4.39 Å². The van der Waals surface area contributed by atoms with Crippen LogP contribution in [0.2, 0.25) is 0 Å². The van der Waals surface area contributed by atoms with E-state index in [1.807, 2.05) is 0 Å². The first-order chi connectivity index (χ1) is 5.20. The Bertz CT molecular complexity index is 149. The Morgan fingerprint density at radius 1 is 1.73 bits per heavy atom. The van der Waals surface area contributed by atoms with Gasteiger partial charge in [0, 0.05) is 13.0 Å². The summed E-state index contributed by atoms with van der Waals surface area (Å²) in [6.07, 6.45) is 0.372. The quantitative estimate of drug-likeness (QED) is 0.649. The Labute approximate surface area is 66.2 Å². The topological polar surface area (TPSA) is 29.1 Å². The molecule has 0 aliphatic carbocycles. The van der Waals surface area contributed by atoms with Gasteiger partial charge in [-0.25, -0.2) is 4.39 Å². The van der Waals surface area contributed by atoms with E-state index < -0.39 is 6.17 Å². The van der Waals surface area contributed by atoms with Gasteiger partial charge in [-0.2, -0.15) is 0 Å². The summed E-state index contributed by atoms with van der Waals surface area (Å²) in [4.78, 5) is 10.7. The van der Waals surface area contributed by atoms with Crippen molar-refractivity contribution in [1.82, 2.24) is 5.32 Å². The summed E-state index contributed by atoms with van der Waals surface area (Å²) >= 11 is 0. The van der Waals surface area contributed by atoms with Gasteiger partial charge in [-0.05, 0) is 25.8 Å². The van der Waals surface area contributed by atoms with E-state index in [9.17, 15) is 9.18 Å². The number of alkyl halides is 1. The molecule has 0 aromatic rings. The minimum Gasteiger partial charge on any atom is -0.314 e. The second-order valence-electron chi connectivity index (χ2n) is 3.18. The lowest BCUT2D eigenvalue weighted by atomic mass is 9.91. The molecule has 0 aromatic carbocycles. The number of carbonyl (C=O) groups excluding carboxylic acids is 1. The van der Waals surface area contributed by atoms with Crippen LogP contribution in [0.15, 0.2) is 0 Å². The summed E-state index contributed by atoms with van der Waals surface area (Å²) in [5.41, 5.74) is 0. The second kappa shape index (κ2) is 3.81. The fourth-order valence-corrected chi connectivity index (χ4v) is 1.47. The highest BCUT2D eigenvalue weighted by Gasteiger charge is 2.25. The highest BCUT2D eigenvalue weighted by Crippen LogP contribution is 2.19. The fraction of sp³-hybridized carbons (Fsp3) is 0.875. The van der Waals surface area contributed by atoms with Crippen molar-refractivity contribution >= 4 is 5.78 Å². The lowest BCUT2D eigenvalue weighted by Crippen LogP contribution is -2.38. The normalized spacial score (nSPS) is 31.8. The third-order valence-corrected chi connectivity index (χ3v) is 2.09. The molecule has 2 nitrogen and oxygen atoms in total. The first-order valence-corrected chi connectivity index (χ1v) is 4.04. The van der Waals surface area contributed by atoms with Crippen LogP contribution in [-0.4, -0.2) is 25.0 Å². The van der Waals surface area contributed by atoms with Gasteiger partial charge in [-0.15, -0.1) is 0 Å². The number of piperidine rings is 1. The molecule has 64 valence electrons. The molecule has 11 heavy (non-hydrogen) atoms. The van der Waals surface area contributed by atoms with Crippen molar-refractivity contribution in [2.45, 2.75) is 25.9 Å². The highest BCUT2D eigenvalue weighted by molar-refractivity contribution is 5.75. The lowest BCUT2D eigenvalue weighted by molar-refractivity contribution is -0.118. The van der Waals surface area contributed by atoms with Gasteiger partial charge in [0.2, 0.25) is 0 Å². The molecule has 0 bridgehead atoms. The zero-order chi connectivity index (χ0) is 8.27. The van der Waals surface area contributed by atoms with Crippen molar-refractivity contribution < 1.29 is 9.18 Å². The first kappa shape index (κ1) is 8.65. The van der Waals surface area contributed by atoms with Crippen molar-refractivity contribution in [2.75, 3.05) is 13.1 Å². The number of ketones is 1. The Morgan fingerprint density at radius 3 is 3.00 bits per heavy atom. The van der Waals surface area contributed by atoms with Crippen LogP contribution >= 0.6 is 0 Å². The van der Waals surface area contributed by atoms with E-state index >= 15 is 0 Å². The molecular formula is C8H14FNO. The molecular weight excluding hydrogens is 145 g/mol. The van der Waals surface area contributed by atoms with Gasteiger partial charge in [-0.3, -0.25) is 0 Å². The van der Waals surface area contributed by atoms with E-state index in [1.54, 1.807) is 0 Å². The zero-order valence-corrected chi connectivity index (χ0v) is 6.77. The minimum absolute atomic E-state index is 0.0336. The van der Waals surface area contributed by atoms with E-state index in [0.717, 1.165) is 13.0 Å². The van der Waals surface area contributed by atoms with Crippen LogP contribution in [0.25, 0.3) is 0 Å². The molecule has 0 radical (unpaired) electrons. The molecule has 3 heteroatoms. The van der Waals surface area contributed by atoms with Crippen molar-refractivity contribution in [3.8, 4) is 0 Å². The SMILES string of the molecule is CC(=O)CC1CCNCC1F. The lowest BCUT2D eigenvalue weighted by Gasteiger charge is -2.25. The third kappa shape index (κ3) is 2.58. The molecule has 0 amide bonds. The maximum Gasteiger partial charge on any atom is 0.130 e. The summed E-state index contributed by atoms with van der Waals surface area (Å²) in [6, 6.07) is 0. The molecule has 0 saturated carbocycles. The molecule has 1 aliphatic heterocycles. The van der Waals surface area contributed by atoms with Crippen molar-refractivity contribution in [3.05, 3.63) is 0 Å². The average Bonchev–Trinajstić information content (AvgIpc) is 1.93. The fourth-order valence-electron chi connectivity index (χ4n) is 1.47. The van der Waals surface area contributed by atoms with E-state index in [-0.39, 0.29) is 11.7 Å². The van der Waals surface area contributed by atoms with Crippen LogP contribution in [-0.2, 0) is 4.79 Å². The Morgan fingerprint density at radius 2 is 2.45 bits per heavy atom. The maximum absolute atomic E-state index is 13.0. The third-order valence-electron chi connectivity index (χ3n) is 2.09. The molecule has 0 spiro atoms. The van der Waals surface area contributed by atoms with Crippen molar-refractivity contribution in [1.29, 1.82) is 0 Å². The van der Waals surface area contributed by atoms with Gasteiger partial charge in [-0.1, -0.05) is 0 Å². The van der Waals surface area contributed by atoms with Crippen molar-refractivity contribution in [3.63, 3.8) is 0 Å². The molecule has 1 aliphatic rings. The van der Waals surface area contributed by atoms with E-state index in [1.165, 1.54) is 6.92 Å². The van der Waals surface area contributed by atoms with Gasteiger partial charge < -0.3 is 10.1 Å². The number of Topliss-reactive ketones (excluding diaryl/α,β-unsaturated/α-hetero) is 1. The van der Waals surface area contributed by atoms with Gasteiger partial charge in [0.05, 0.1) is 0 Å². The number of hydrogen-bond acceptors (Lipinski definition) is 2. The summed E-state index contributed by atoms with van der Waals surface area (Å²) in [5.74, 6) is 0.0632. The maximum atomic E-state index is 13.0. The molecule has 1 saturated heterocycles. The van der Waals surface area contributed by atoms with Crippen LogP contribution in [0.3, 0.4) is 0 Å². The number of carbonyl (C=O) groups is 1.